The highest BCUT2D eigenvalue weighted by Crippen LogP contribution is 2.17. The van der Waals surface area contributed by atoms with Crippen molar-refractivity contribution in [3.05, 3.63) is 29.2 Å². The number of halogens is 1. The number of methoxy groups -OCH3 is 1. The van der Waals surface area contributed by atoms with Gasteiger partial charge in [-0.3, -0.25) is 0 Å². The lowest BCUT2D eigenvalue weighted by atomic mass is 10.3. The Labute approximate surface area is 86.5 Å². The molecule has 0 saturated heterocycles. The summed E-state index contributed by atoms with van der Waals surface area (Å²) in [5, 5.41) is 4.56. The molecule has 4 nitrogen and oxygen atoms in total. The average molecular weight is 212 g/mol. The van der Waals surface area contributed by atoms with Crippen LogP contribution in [-0.2, 0) is 4.74 Å². The van der Waals surface area contributed by atoms with Crippen LogP contribution < -0.4 is 0 Å². The molecule has 2 heterocycles. The molecule has 0 aliphatic heterocycles. The Bertz CT molecular complexity index is 454. The zero-order chi connectivity index (χ0) is 10.1. The Kier molecular flexibility index (Phi) is 2.39. The molecule has 0 aliphatic rings. The van der Waals surface area contributed by atoms with Crippen molar-refractivity contribution in [1.29, 1.82) is 0 Å². The van der Waals surface area contributed by atoms with E-state index < -0.39 is 0 Å². The third kappa shape index (κ3) is 1.47. The van der Waals surface area contributed by atoms with Gasteiger partial charge >= 0.3 is 0 Å². The third-order valence-electron chi connectivity index (χ3n) is 2.13. The van der Waals surface area contributed by atoms with Crippen LogP contribution in [0.4, 0.5) is 0 Å². The van der Waals surface area contributed by atoms with Gasteiger partial charge in [-0.25, -0.2) is 9.50 Å². The molecule has 0 aliphatic carbocycles. The summed E-state index contributed by atoms with van der Waals surface area (Å²) in [6.07, 6.45) is 1.69. The van der Waals surface area contributed by atoms with Gasteiger partial charge < -0.3 is 4.74 Å². The summed E-state index contributed by atoms with van der Waals surface area (Å²) in [5.74, 6) is 0. The number of ether oxygens (including phenoxy) is 1. The molecule has 0 saturated carbocycles. The molecule has 2 aromatic rings. The molecule has 1 atom stereocenters. The number of hydrogen-bond acceptors (Lipinski definition) is 3. The fraction of sp³-hybridized carbons (Fsp3) is 0.333. The maximum absolute atomic E-state index is 5.79. The highest BCUT2D eigenvalue weighted by molar-refractivity contribution is 6.29. The third-order valence-corrected chi connectivity index (χ3v) is 2.31. The van der Waals surface area contributed by atoms with E-state index in [9.17, 15) is 0 Å². The van der Waals surface area contributed by atoms with Crippen molar-refractivity contribution >= 4 is 17.2 Å². The highest BCUT2D eigenvalue weighted by atomic mass is 35.5. The minimum Gasteiger partial charge on any atom is -0.375 e. The van der Waals surface area contributed by atoms with Gasteiger partial charge in [-0.05, 0) is 13.0 Å². The fourth-order valence-electron chi connectivity index (χ4n) is 1.31. The van der Waals surface area contributed by atoms with Crippen molar-refractivity contribution in [2.75, 3.05) is 7.11 Å². The van der Waals surface area contributed by atoms with Crippen molar-refractivity contribution in [2.24, 2.45) is 0 Å². The average Bonchev–Trinajstić information content (AvgIpc) is 2.56. The van der Waals surface area contributed by atoms with Crippen molar-refractivity contribution in [3.63, 3.8) is 0 Å². The molecule has 0 bridgehead atoms. The quantitative estimate of drug-likeness (QED) is 0.764. The predicted octanol–water partition coefficient (Wildman–Crippen LogP) is 2.09. The van der Waals surface area contributed by atoms with E-state index >= 15 is 0 Å². The second kappa shape index (κ2) is 3.55. The van der Waals surface area contributed by atoms with Crippen LogP contribution in [0.5, 0.6) is 0 Å². The zero-order valence-electron chi connectivity index (χ0n) is 7.94. The molecular weight excluding hydrogens is 202 g/mol. The van der Waals surface area contributed by atoms with Crippen molar-refractivity contribution in [2.45, 2.75) is 13.0 Å². The highest BCUT2D eigenvalue weighted by Gasteiger charge is 2.10. The van der Waals surface area contributed by atoms with Crippen LogP contribution in [0.15, 0.2) is 18.3 Å². The van der Waals surface area contributed by atoms with Gasteiger partial charge in [0, 0.05) is 19.4 Å². The monoisotopic (exact) mass is 211 g/mol. The minimum atomic E-state index is -0.0310. The SMILES string of the molecule is COC(C)c1ccnc2cc(Cl)nn12. The molecule has 0 amide bonds. The summed E-state index contributed by atoms with van der Waals surface area (Å²) in [6.45, 7) is 1.95. The summed E-state index contributed by atoms with van der Waals surface area (Å²) >= 11 is 5.79. The van der Waals surface area contributed by atoms with E-state index in [4.69, 9.17) is 16.3 Å². The molecule has 5 heteroatoms. The van der Waals surface area contributed by atoms with Crippen molar-refractivity contribution in [3.8, 4) is 0 Å². The molecule has 2 rings (SSSR count). The fourth-order valence-corrected chi connectivity index (χ4v) is 1.49. The molecule has 0 aromatic carbocycles. The van der Waals surface area contributed by atoms with Crippen LogP contribution in [-0.4, -0.2) is 21.7 Å². The Hall–Kier alpha value is -1.13. The topological polar surface area (TPSA) is 39.4 Å². The zero-order valence-corrected chi connectivity index (χ0v) is 8.69. The van der Waals surface area contributed by atoms with E-state index in [0.717, 1.165) is 11.3 Å². The normalized spacial score (nSPS) is 13.4. The van der Waals surface area contributed by atoms with Gasteiger partial charge in [-0.1, -0.05) is 11.6 Å². The van der Waals surface area contributed by atoms with Gasteiger partial charge in [-0.2, -0.15) is 5.10 Å². The lowest BCUT2D eigenvalue weighted by Crippen LogP contribution is -2.05. The molecule has 0 fully saturated rings. The summed E-state index contributed by atoms with van der Waals surface area (Å²) < 4.78 is 6.91. The molecule has 1 unspecified atom stereocenters. The maximum Gasteiger partial charge on any atom is 0.156 e. The Morgan fingerprint density at radius 2 is 2.36 bits per heavy atom. The van der Waals surface area contributed by atoms with Crippen LogP contribution in [0.1, 0.15) is 18.7 Å². The van der Waals surface area contributed by atoms with E-state index in [0.29, 0.717) is 5.15 Å². The molecule has 0 radical (unpaired) electrons. The molecular formula is C9H10ClN3O. The summed E-state index contributed by atoms with van der Waals surface area (Å²) in [7, 11) is 1.65. The molecule has 2 aromatic heterocycles. The van der Waals surface area contributed by atoms with Gasteiger partial charge in [0.1, 0.15) is 0 Å². The number of hydrogen-bond donors (Lipinski definition) is 0. The molecule has 0 N–H and O–H groups in total. The van der Waals surface area contributed by atoms with Gasteiger partial charge in [-0.15, -0.1) is 0 Å². The van der Waals surface area contributed by atoms with Crippen LogP contribution in [0.25, 0.3) is 5.65 Å². The minimum absolute atomic E-state index is 0.0310. The lowest BCUT2D eigenvalue weighted by molar-refractivity contribution is 0.114. The first kappa shape index (κ1) is 9.43. The summed E-state index contributed by atoms with van der Waals surface area (Å²) in [6, 6.07) is 3.58. The Balaban J connectivity index is 2.64. The first-order valence-electron chi connectivity index (χ1n) is 4.25. The van der Waals surface area contributed by atoms with Gasteiger partial charge in [0.15, 0.2) is 10.8 Å². The maximum atomic E-state index is 5.79. The van der Waals surface area contributed by atoms with Crippen molar-refractivity contribution < 1.29 is 4.74 Å². The van der Waals surface area contributed by atoms with Crippen molar-refractivity contribution in [1.82, 2.24) is 14.6 Å². The first-order chi connectivity index (χ1) is 6.72. The van der Waals surface area contributed by atoms with Gasteiger partial charge in [0.25, 0.3) is 0 Å². The second-order valence-electron chi connectivity index (χ2n) is 2.98. The lowest BCUT2D eigenvalue weighted by Gasteiger charge is -2.10. The standard InChI is InChI=1S/C9H10ClN3O/c1-6(14-2)7-3-4-11-9-5-8(10)12-13(7)9/h3-6H,1-2H3. The van der Waals surface area contributed by atoms with Crippen LogP contribution >= 0.6 is 11.6 Å². The molecule has 14 heavy (non-hydrogen) atoms. The number of rotatable bonds is 2. The van der Waals surface area contributed by atoms with Gasteiger partial charge in [0.2, 0.25) is 0 Å². The number of nitrogens with zero attached hydrogens (tertiary/aromatic N) is 3. The first-order valence-corrected chi connectivity index (χ1v) is 4.63. The van der Waals surface area contributed by atoms with Crippen LogP contribution in [0.2, 0.25) is 5.15 Å². The van der Waals surface area contributed by atoms with Crippen LogP contribution in [0, 0.1) is 0 Å². The molecule has 0 spiro atoms. The predicted molar refractivity (Wildman–Crippen MR) is 53.4 cm³/mol. The smallest absolute Gasteiger partial charge is 0.156 e. The van der Waals surface area contributed by atoms with Crippen LogP contribution in [0.3, 0.4) is 0 Å². The second-order valence-corrected chi connectivity index (χ2v) is 3.37. The Morgan fingerprint density at radius 1 is 1.57 bits per heavy atom. The van der Waals surface area contributed by atoms with E-state index in [-0.39, 0.29) is 6.10 Å². The molecule has 74 valence electrons. The summed E-state index contributed by atoms with van der Waals surface area (Å²) in [5.41, 5.74) is 1.67. The number of aromatic nitrogens is 3. The van der Waals surface area contributed by atoms with Gasteiger partial charge in [0.05, 0.1) is 11.8 Å². The van der Waals surface area contributed by atoms with E-state index in [1.165, 1.54) is 0 Å². The summed E-state index contributed by atoms with van der Waals surface area (Å²) in [4.78, 5) is 4.14. The van der Waals surface area contributed by atoms with E-state index in [1.54, 1.807) is 23.9 Å². The van der Waals surface area contributed by atoms with E-state index in [2.05, 4.69) is 10.1 Å². The van der Waals surface area contributed by atoms with E-state index in [1.807, 2.05) is 13.0 Å². The number of fused-ring (bicyclic) bond motifs is 1. The Morgan fingerprint density at radius 3 is 3.07 bits per heavy atom. The largest absolute Gasteiger partial charge is 0.375 e.